The number of aryl methyl sites for hydroxylation is 1. The molecule has 1 aromatic carbocycles. The lowest BCUT2D eigenvalue weighted by molar-refractivity contribution is -0.274. The molecule has 0 saturated heterocycles. The van der Waals surface area contributed by atoms with Crippen molar-refractivity contribution in [1.82, 2.24) is 0 Å². The molecule has 0 amide bonds. The monoisotopic (exact) mass is 346 g/mol. The van der Waals surface area contributed by atoms with E-state index in [0.717, 1.165) is 5.56 Å². The van der Waals surface area contributed by atoms with Gasteiger partial charge in [0.25, 0.3) is 0 Å². The van der Waals surface area contributed by atoms with E-state index in [4.69, 9.17) is 0 Å². The highest BCUT2D eigenvalue weighted by Gasteiger charge is 2.31. The van der Waals surface area contributed by atoms with Crippen molar-refractivity contribution >= 4 is 31.9 Å². The van der Waals surface area contributed by atoms with Crippen molar-refractivity contribution in [3.05, 3.63) is 28.2 Å². The van der Waals surface area contributed by atoms with Gasteiger partial charge in [0.15, 0.2) is 0 Å². The molecule has 0 aliphatic heterocycles. The lowest BCUT2D eigenvalue weighted by Crippen LogP contribution is -2.17. The van der Waals surface area contributed by atoms with Gasteiger partial charge in [0.2, 0.25) is 0 Å². The van der Waals surface area contributed by atoms with E-state index in [-0.39, 0.29) is 10.2 Å². The highest BCUT2D eigenvalue weighted by atomic mass is 79.9. The molecule has 0 bridgehead atoms. The van der Waals surface area contributed by atoms with E-state index in [1.54, 1.807) is 12.1 Å². The molecular weight excluding hydrogens is 341 g/mol. The Morgan fingerprint density at radius 3 is 2.47 bits per heavy atom. The largest absolute Gasteiger partial charge is 0.573 e. The van der Waals surface area contributed by atoms with E-state index in [1.165, 1.54) is 6.07 Å². The van der Waals surface area contributed by atoms with Crippen LogP contribution in [0, 0.1) is 0 Å². The summed E-state index contributed by atoms with van der Waals surface area (Å²) >= 11 is 6.21. The molecule has 0 N–H and O–H groups in total. The maximum Gasteiger partial charge on any atom is 0.573 e. The first kappa shape index (κ1) is 12.8. The van der Waals surface area contributed by atoms with Crippen molar-refractivity contribution in [2.24, 2.45) is 0 Å². The number of benzene rings is 1. The van der Waals surface area contributed by atoms with Gasteiger partial charge in [-0.2, -0.15) is 0 Å². The van der Waals surface area contributed by atoms with Gasteiger partial charge in [-0.05, 0) is 40.0 Å². The van der Waals surface area contributed by atoms with E-state index < -0.39 is 6.36 Å². The number of rotatable bonds is 3. The van der Waals surface area contributed by atoms with Crippen molar-refractivity contribution in [2.45, 2.75) is 12.8 Å². The van der Waals surface area contributed by atoms with Crippen molar-refractivity contribution in [1.29, 1.82) is 0 Å². The molecule has 1 nitrogen and oxygen atoms in total. The maximum absolute atomic E-state index is 12.0. The highest BCUT2D eigenvalue weighted by molar-refractivity contribution is 9.10. The number of hydrogen-bond acceptors (Lipinski definition) is 1. The molecule has 0 fully saturated rings. The first-order valence-electron chi connectivity index (χ1n) is 4.02. The fraction of sp³-hybridized carbons (Fsp3) is 0.333. The van der Waals surface area contributed by atoms with Crippen LogP contribution in [0.25, 0.3) is 0 Å². The summed E-state index contributed by atoms with van der Waals surface area (Å²) in [5.41, 5.74) is 0.786. The van der Waals surface area contributed by atoms with Crippen molar-refractivity contribution in [3.8, 4) is 5.75 Å². The van der Waals surface area contributed by atoms with Crippen LogP contribution in [0.5, 0.6) is 5.75 Å². The summed E-state index contributed by atoms with van der Waals surface area (Å²) in [4.78, 5) is 0. The van der Waals surface area contributed by atoms with Crippen molar-refractivity contribution in [2.75, 3.05) is 5.33 Å². The third-order valence-electron chi connectivity index (χ3n) is 1.60. The smallest absolute Gasteiger partial charge is 0.405 e. The second kappa shape index (κ2) is 5.21. The minimum absolute atomic E-state index is 0.207. The SMILES string of the molecule is FC(F)(F)Oc1cc(CCBr)ccc1Br. The van der Waals surface area contributed by atoms with Crippen LogP contribution in [0.4, 0.5) is 13.2 Å². The maximum atomic E-state index is 12.0. The van der Waals surface area contributed by atoms with Gasteiger partial charge in [-0.25, -0.2) is 0 Å². The molecule has 0 radical (unpaired) electrons. The fourth-order valence-corrected chi connectivity index (χ4v) is 1.80. The summed E-state index contributed by atoms with van der Waals surface area (Å²) in [6.45, 7) is 0. The average molecular weight is 348 g/mol. The van der Waals surface area contributed by atoms with Crippen molar-refractivity contribution in [3.63, 3.8) is 0 Å². The quantitative estimate of drug-likeness (QED) is 0.741. The number of hydrogen-bond donors (Lipinski definition) is 0. The summed E-state index contributed by atoms with van der Waals surface area (Å²) in [7, 11) is 0. The Kier molecular flexibility index (Phi) is 4.45. The number of ether oxygens (including phenoxy) is 1. The second-order valence-electron chi connectivity index (χ2n) is 2.75. The van der Waals surface area contributed by atoms with E-state index >= 15 is 0 Å². The minimum Gasteiger partial charge on any atom is -0.405 e. The molecule has 1 aromatic rings. The molecule has 0 atom stereocenters. The summed E-state index contributed by atoms with van der Waals surface area (Å²) in [6, 6.07) is 4.66. The van der Waals surface area contributed by atoms with Gasteiger partial charge in [0.1, 0.15) is 5.75 Å². The first-order valence-corrected chi connectivity index (χ1v) is 5.94. The van der Waals surface area contributed by atoms with Crippen LogP contribution in [-0.4, -0.2) is 11.7 Å². The number of halogens is 5. The van der Waals surface area contributed by atoms with Gasteiger partial charge >= 0.3 is 6.36 Å². The summed E-state index contributed by atoms with van der Waals surface area (Å²) in [6.07, 6.45) is -4.00. The van der Waals surface area contributed by atoms with Crippen LogP contribution in [0.2, 0.25) is 0 Å². The molecule has 0 heterocycles. The van der Waals surface area contributed by atoms with E-state index in [0.29, 0.717) is 11.8 Å². The molecule has 0 aromatic heterocycles. The Morgan fingerprint density at radius 2 is 1.93 bits per heavy atom. The molecule has 0 saturated carbocycles. The topological polar surface area (TPSA) is 9.23 Å². The predicted octanol–water partition coefficient (Wildman–Crippen LogP) is 4.29. The number of alkyl halides is 4. The molecule has 0 aliphatic carbocycles. The minimum atomic E-state index is -4.66. The van der Waals surface area contributed by atoms with Crippen LogP contribution in [0.15, 0.2) is 22.7 Å². The van der Waals surface area contributed by atoms with Gasteiger partial charge in [-0.1, -0.05) is 22.0 Å². The van der Waals surface area contributed by atoms with Crippen molar-refractivity contribution < 1.29 is 17.9 Å². The molecule has 6 heteroatoms. The summed E-state index contributed by atoms with van der Waals surface area (Å²) < 4.78 is 40.1. The Bertz CT molecular complexity index is 339. The molecule has 0 spiro atoms. The van der Waals surface area contributed by atoms with E-state index in [1.807, 2.05) is 0 Å². The third-order valence-corrected chi connectivity index (χ3v) is 2.66. The zero-order valence-corrected chi connectivity index (χ0v) is 10.6. The molecule has 84 valence electrons. The van der Waals surface area contributed by atoms with Gasteiger partial charge in [0, 0.05) is 5.33 Å². The lowest BCUT2D eigenvalue weighted by Gasteiger charge is -2.11. The Morgan fingerprint density at radius 1 is 1.27 bits per heavy atom. The molecule has 1 rings (SSSR count). The first-order chi connectivity index (χ1) is 6.92. The normalized spacial score (nSPS) is 11.5. The van der Waals surface area contributed by atoms with Gasteiger partial charge in [0.05, 0.1) is 4.47 Å². The standard InChI is InChI=1S/C9H7Br2F3O/c10-4-3-6-1-2-7(11)8(5-6)15-9(12,13)14/h1-2,5H,3-4H2. The van der Waals surface area contributed by atoms with Crippen LogP contribution < -0.4 is 4.74 Å². The third kappa shape index (κ3) is 4.42. The Hall–Kier alpha value is -0.230. The molecule has 0 unspecified atom stereocenters. The van der Waals surface area contributed by atoms with Crippen LogP contribution >= 0.6 is 31.9 Å². The van der Waals surface area contributed by atoms with Gasteiger partial charge in [-0.3, -0.25) is 0 Å². The van der Waals surface area contributed by atoms with E-state index in [9.17, 15) is 13.2 Å². The van der Waals surface area contributed by atoms with E-state index in [2.05, 4.69) is 36.6 Å². The molecular formula is C9H7Br2F3O. The van der Waals surface area contributed by atoms with Gasteiger partial charge in [-0.15, -0.1) is 13.2 Å². The second-order valence-corrected chi connectivity index (χ2v) is 4.40. The lowest BCUT2D eigenvalue weighted by atomic mass is 10.2. The summed E-state index contributed by atoms with van der Waals surface area (Å²) in [5.74, 6) is -0.207. The van der Waals surface area contributed by atoms with Crippen LogP contribution in [-0.2, 0) is 6.42 Å². The fourth-order valence-electron chi connectivity index (χ4n) is 1.02. The Labute approximate surface area is 102 Å². The molecule has 15 heavy (non-hydrogen) atoms. The predicted molar refractivity (Wildman–Crippen MR) is 58.3 cm³/mol. The molecule has 0 aliphatic rings. The highest BCUT2D eigenvalue weighted by Crippen LogP contribution is 2.31. The average Bonchev–Trinajstić information content (AvgIpc) is 2.09. The van der Waals surface area contributed by atoms with Crippen LogP contribution in [0.3, 0.4) is 0 Å². The zero-order valence-electron chi connectivity index (χ0n) is 7.44. The zero-order chi connectivity index (χ0) is 11.5. The Balaban J connectivity index is 2.90. The van der Waals surface area contributed by atoms with Crippen LogP contribution in [0.1, 0.15) is 5.56 Å². The van der Waals surface area contributed by atoms with Gasteiger partial charge < -0.3 is 4.74 Å². The summed E-state index contributed by atoms with van der Waals surface area (Å²) in [5, 5.41) is 0.695.